The van der Waals surface area contributed by atoms with Crippen molar-refractivity contribution in [1.29, 1.82) is 0 Å². The first-order valence-electron chi connectivity index (χ1n) is 16.9. The summed E-state index contributed by atoms with van der Waals surface area (Å²) in [7, 11) is 0. The van der Waals surface area contributed by atoms with Crippen molar-refractivity contribution in [3.8, 4) is 0 Å². The number of hydrogen-bond donors (Lipinski definition) is 5. The van der Waals surface area contributed by atoms with E-state index in [1.165, 1.54) is 22.4 Å². The smallest absolute Gasteiger partial charge is 0.410 e. The van der Waals surface area contributed by atoms with Crippen molar-refractivity contribution in [2.45, 2.75) is 51.4 Å². The molecular weight excluding hydrogens is 694 g/mol. The van der Waals surface area contributed by atoms with Crippen LogP contribution in [0.3, 0.4) is 0 Å². The van der Waals surface area contributed by atoms with E-state index in [0.29, 0.717) is 62.2 Å². The Balaban J connectivity index is 1.12. The summed E-state index contributed by atoms with van der Waals surface area (Å²) in [5.74, 6) is -2.86. The highest BCUT2D eigenvalue weighted by Gasteiger charge is 2.26. The first-order valence-corrected chi connectivity index (χ1v) is 17.8. The molecule has 1 saturated heterocycles. The zero-order valence-corrected chi connectivity index (χ0v) is 29.5. The van der Waals surface area contributed by atoms with Crippen LogP contribution in [0.1, 0.15) is 40.6 Å². The van der Waals surface area contributed by atoms with Crippen LogP contribution < -0.4 is 32.4 Å². The van der Waals surface area contributed by atoms with Gasteiger partial charge in [0.2, 0.25) is 17.2 Å². The van der Waals surface area contributed by atoms with Gasteiger partial charge >= 0.3 is 12.1 Å². The van der Waals surface area contributed by atoms with E-state index in [2.05, 4.69) is 10.6 Å². The molecule has 1 aliphatic rings. The number of carbonyl (C=O) groups excluding carboxylic acids is 3. The number of rotatable bonds is 14. The molecule has 4 aromatic rings. The summed E-state index contributed by atoms with van der Waals surface area (Å²) in [6, 6.07) is 11.5. The first kappa shape index (κ1) is 37.9. The summed E-state index contributed by atoms with van der Waals surface area (Å²) in [5, 5.41) is 16.9. The number of carbonyl (C=O) groups is 4. The predicted octanol–water partition coefficient (Wildman–Crippen LogP) is 3.11. The molecule has 16 heteroatoms. The third-order valence-electron chi connectivity index (χ3n) is 8.85. The Labute approximate surface area is 303 Å². The van der Waals surface area contributed by atoms with Crippen LogP contribution in [0.25, 0.3) is 10.9 Å². The molecule has 1 fully saturated rings. The summed E-state index contributed by atoms with van der Waals surface area (Å²) in [5.41, 5.74) is 12.4. The van der Waals surface area contributed by atoms with Crippen molar-refractivity contribution < 1.29 is 33.4 Å². The van der Waals surface area contributed by atoms with Crippen LogP contribution in [-0.2, 0) is 33.9 Å². The Hall–Kier alpha value is -5.32. The van der Waals surface area contributed by atoms with Gasteiger partial charge in [-0.05, 0) is 67.6 Å². The molecule has 0 radical (unpaired) electrons. The normalized spacial score (nSPS) is 14.2. The maximum absolute atomic E-state index is 15.2. The van der Waals surface area contributed by atoms with Gasteiger partial charge in [0, 0.05) is 61.3 Å². The number of amides is 3. The maximum atomic E-state index is 15.2. The number of nitrogens with zero attached hydrogens (tertiary/aromatic N) is 3. The Morgan fingerprint density at radius 2 is 1.79 bits per heavy atom. The van der Waals surface area contributed by atoms with E-state index >= 15 is 4.39 Å². The summed E-state index contributed by atoms with van der Waals surface area (Å²) >= 11 is 1.51. The molecule has 14 nitrogen and oxygen atoms in total. The van der Waals surface area contributed by atoms with Gasteiger partial charge in [-0.25, -0.2) is 14.0 Å². The standard InChI is InChI=1S/C36H42FN7O7S/c1-2-42-20-26(35(48)49)32(45)25-18-27(37)31(19-30(25)42)43-12-14-44(15-13-43)36(50)51-21-22-7-9-23(10-8-22)40-34(47)29(6-3-11-38)41-33(46)28(39)17-24-5-4-16-52-24/h4-5,7-10,16,18-20,28-29H,2-3,6,11-15,17,21,38-39H2,1H3,(H,40,47)(H,41,46)(H,48,49). The SMILES string of the molecule is CCn1cc(C(=O)O)c(=O)c2cc(F)c(N3CCN(C(=O)OCc4ccc(NC(=O)C(CCCN)NC(=O)C(N)Cc5cccs5)cc4)CC3)cc21. The number of thiophene rings is 1. The fraction of sp³-hybridized carbons (Fsp3) is 0.361. The van der Waals surface area contributed by atoms with Crippen molar-refractivity contribution in [3.63, 3.8) is 0 Å². The van der Waals surface area contributed by atoms with Gasteiger partial charge in [-0.15, -0.1) is 11.3 Å². The molecule has 52 heavy (non-hydrogen) atoms. The average molecular weight is 736 g/mol. The topological polar surface area (TPSA) is 202 Å². The number of anilines is 2. The fourth-order valence-corrected chi connectivity index (χ4v) is 6.71. The number of fused-ring (bicyclic) bond motifs is 1. The summed E-state index contributed by atoms with van der Waals surface area (Å²) in [6.45, 7) is 3.66. The first-order chi connectivity index (χ1) is 25.0. The molecule has 0 spiro atoms. The van der Waals surface area contributed by atoms with Crippen LogP contribution in [0.4, 0.5) is 20.6 Å². The lowest BCUT2D eigenvalue weighted by Gasteiger charge is -2.35. The van der Waals surface area contributed by atoms with Gasteiger partial charge in [-0.2, -0.15) is 0 Å². The number of halogens is 1. The van der Waals surface area contributed by atoms with Crippen molar-refractivity contribution >= 4 is 57.5 Å². The third-order valence-corrected chi connectivity index (χ3v) is 9.75. The number of nitrogens with two attached hydrogens (primary N) is 2. The van der Waals surface area contributed by atoms with Gasteiger partial charge in [0.25, 0.3) is 0 Å². The van der Waals surface area contributed by atoms with Crippen LogP contribution in [0.5, 0.6) is 0 Å². The van der Waals surface area contributed by atoms with Gasteiger partial charge < -0.3 is 46.3 Å². The lowest BCUT2D eigenvalue weighted by atomic mass is 10.1. The number of piperazine rings is 1. The van der Waals surface area contributed by atoms with Gasteiger partial charge in [-0.3, -0.25) is 14.4 Å². The molecule has 3 amide bonds. The molecule has 2 aromatic heterocycles. The molecule has 5 rings (SSSR count). The average Bonchev–Trinajstić information content (AvgIpc) is 3.66. The van der Waals surface area contributed by atoms with Gasteiger partial charge in [0.1, 0.15) is 24.0 Å². The molecule has 2 unspecified atom stereocenters. The zero-order valence-electron chi connectivity index (χ0n) is 28.7. The number of pyridine rings is 1. The van der Waals surface area contributed by atoms with Crippen molar-refractivity contribution in [2.24, 2.45) is 11.5 Å². The minimum atomic E-state index is -1.37. The highest BCUT2D eigenvalue weighted by Crippen LogP contribution is 2.27. The number of carboxylic acids is 1. The Bertz CT molecular complexity index is 1960. The molecule has 0 aliphatic carbocycles. The van der Waals surface area contributed by atoms with Crippen LogP contribution in [0, 0.1) is 5.82 Å². The molecule has 0 saturated carbocycles. The van der Waals surface area contributed by atoms with E-state index in [-0.39, 0.29) is 30.8 Å². The van der Waals surface area contributed by atoms with Crippen LogP contribution in [-0.4, -0.2) is 83.3 Å². The van der Waals surface area contributed by atoms with Crippen LogP contribution >= 0.6 is 11.3 Å². The summed E-state index contributed by atoms with van der Waals surface area (Å²) in [4.78, 5) is 67.2. The number of benzene rings is 2. The minimum absolute atomic E-state index is 0.0120. The second kappa shape index (κ2) is 17.3. The maximum Gasteiger partial charge on any atom is 0.410 e. The fourth-order valence-electron chi connectivity index (χ4n) is 5.94. The van der Waals surface area contributed by atoms with Crippen molar-refractivity contribution in [3.05, 3.63) is 92.2 Å². The molecular formula is C36H42FN7O7S. The van der Waals surface area contributed by atoms with Crippen molar-refractivity contribution in [1.82, 2.24) is 14.8 Å². The summed E-state index contributed by atoms with van der Waals surface area (Å²) < 4.78 is 22.4. The lowest BCUT2D eigenvalue weighted by molar-refractivity contribution is -0.127. The zero-order chi connectivity index (χ0) is 37.4. The predicted molar refractivity (Wildman–Crippen MR) is 196 cm³/mol. The molecule has 3 heterocycles. The quantitative estimate of drug-likeness (QED) is 0.128. The van der Waals surface area contributed by atoms with E-state index in [1.54, 1.807) is 46.7 Å². The monoisotopic (exact) mass is 735 g/mol. The highest BCUT2D eigenvalue weighted by molar-refractivity contribution is 7.09. The van der Waals surface area contributed by atoms with E-state index in [9.17, 15) is 29.1 Å². The third kappa shape index (κ3) is 9.12. The molecule has 7 N–H and O–H groups in total. The number of aromatic carboxylic acids is 1. The van der Waals surface area contributed by atoms with E-state index in [4.69, 9.17) is 16.2 Å². The van der Waals surface area contributed by atoms with Crippen LogP contribution in [0.15, 0.2) is 64.9 Å². The van der Waals surface area contributed by atoms with Gasteiger partial charge in [0.05, 0.1) is 17.2 Å². The lowest BCUT2D eigenvalue weighted by Crippen LogP contribution is -2.50. The molecule has 276 valence electrons. The number of nitrogens with one attached hydrogen (secondary N) is 2. The van der Waals surface area contributed by atoms with Crippen LogP contribution in [0.2, 0.25) is 0 Å². The number of aromatic nitrogens is 1. The summed E-state index contributed by atoms with van der Waals surface area (Å²) in [6.07, 6.45) is 1.96. The van der Waals surface area contributed by atoms with E-state index in [1.807, 2.05) is 17.5 Å². The highest BCUT2D eigenvalue weighted by atomic mass is 32.1. The van der Waals surface area contributed by atoms with Crippen molar-refractivity contribution in [2.75, 3.05) is 42.9 Å². The Kier molecular flexibility index (Phi) is 12.6. The number of ether oxygens (including phenoxy) is 1. The Morgan fingerprint density at radius 3 is 2.42 bits per heavy atom. The number of hydrogen-bond acceptors (Lipinski definition) is 10. The molecule has 0 bridgehead atoms. The largest absolute Gasteiger partial charge is 0.477 e. The second-order valence-corrected chi connectivity index (χ2v) is 13.4. The minimum Gasteiger partial charge on any atom is -0.477 e. The van der Waals surface area contributed by atoms with E-state index < -0.39 is 52.8 Å². The molecule has 2 atom stereocenters. The molecule has 2 aromatic carbocycles. The second-order valence-electron chi connectivity index (χ2n) is 12.4. The number of aryl methyl sites for hydroxylation is 1. The number of carboxylic acid groups (broad SMARTS) is 1. The van der Waals surface area contributed by atoms with Gasteiger partial charge in [-0.1, -0.05) is 18.2 Å². The van der Waals surface area contributed by atoms with E-state index in [0.717, 1.165) is 10.9 Å². The van der Waals surface area contributed by atoms with Gasteiger partial charge in [0.15, 0.2) is 0 Å². The Morgan fingerprint density at radius 1 is 1.06 bits per heavy atom. The molecule has 1 aliphatic heterocycles.